The molecule has 1 saturated heterocycles. The highest BCUT2D eigenvalue weighted by Crippen LogP contribution is 2.31. The van der Waals surface area contributed by atoms with Gasteiger partial charge in [0.2, 0.25) is 0 Å². The fraction of sp³-hybridized carbons (Fsp3) is 0.667. The van der Waals surface area contributed by atoms with Crippen LogP contribution < -0.4 is 10.5 Å². The third-order valence-corrected chi connectivity index (χ3v) is 4.27. The number of benzene rings is 1. The van der Waals surface area contributed by atoms with Crippen LogP contribution in [-0.2, 0) is 11.2 Å². The van der Waals surface area contributed by atoms with Gasteiger partial charge in [-0.15, -0.1) is 0 Å². The summed E-state index contributed by atoms with van der Waals surface area (Å²) < 4.78 is 12.1. The Kier molecular flexibility index (Phi) is 5.28. The zero-order valence-electron chi connectivity index (χ0n) is 13.8. The number of ether oxygens (including phenoxy) is 2. The van der Waals surface area contributed by atoms with Crippen molar-refractivity contribution in [2.24, 2.45) is 5.73 Å². The zero-order valence-corrected chi connectivity index (χ0v) is 13.8. The largest absolute Gasteiger partial charge is 0.490 e. The van der Waals surface area contributed by atoms with Crippen LogP contribution in [0, 0.1) is 6.92 Å². The molecular weight excluding hydrogens is 262 g/mol. The number of nitrogens with two attached hydrogens (primary N) is 1. The maximum atomic E-state index is 6.11. The molecule has 1 aromatic rings. The molecule has 21 heavy (non-hydrogen) atoms. The molecule has 2 N–H and O–H groups in total. The summed E-state index contributed by atoms with van der Waals surface area (Å²) in [5.41, 5.74) is 8.47. The van der Waals surface area contributed by atoms with Crippen molar-refractivity contribution in [2.45, 2.75) is 71.1 Å². The summed E-state index contributed by atoms with van der Waals surface area (Å²) in [7, 11) is 0. The van der Waals surface area contributed by atoms with E-state index in [2.05, 4.69) is 45.9 Å². The number of para-hydroxylation sites is 1. The van der Waals surface area contributed by atoms with E-state index in [1.165, 1.54) is 11.1 Å². The van der Waals surface area contributed by atoms with Crippen molar-refractivity contribution >= 4 is 0 Å². The topological polar surface area (TPSA) is 44.5 Å². The lowest BCUT2D eigenvalue weighted by atomic mass is 10.0. The van der Waals surface area contributed by atoms with Crippen molar-refractivity contribution in [3.05, 3.63) is 29.3 Å². The van der Waals surface area contributed by atoms with Crippen molar-refractivity contribution in [3.63, 3.8) is 0 Å². The molecule has 0 amide bonds. The van der Waals surface area contributed by atoms with Crippen molar-refractivity contribution < 1.29 is 9.47 Å². The van der Waals surface area contributed by atoms with Gasteiger partial charge in [-0.05, 0) is 57.6 Å². The molecule has 1 fully saturated rings. The van der Waals surface area contributed by atoms with Crippen LogP contribution in [0.25, 0.3) is 0 Å². The molecule has 1 aliphatic heterocycles. The minimum atomic E-state index is -0.00679. The smallest absolute Gasteiger partial charge is 0.125 e. The Morgan fingerprint density at radius 2 is 2.19 bits per heavy atom. The second-order valence-electron chi connectivity index (χ2n) is 6.78. The van der Waals surface area contributed by atoms with E-state index in [0.717, 1.165) is 31.4 Å². The molecule has 2 rings (SSSR count). The average Bonchev–Trinajstić information content (AvgIpc) is 2.77. The summed E-state index contributed by atoms with van der Waals surface area (Å²) in [5, 5.41) is 0. The number of aryl methyl sites for hydroxylation is 1. The van der Waals surface area contributed by atoms with Gasteiger partial charge in [-0.3, -0.25) is 0 Å². The lowest BCUT2D eigenvalue weighted by molar-refractivity contribution is -0.0328. The summed E-state index contributed by atoms with van der Waals surface area (Å²) in [6.07, 6.45) is 4.22. The Morgan fingerprint density at radius 1 is 1.43 bits per heavy atom. The van der Waals surface area contributed by atoms with E-state index >= 15 is 0 Å². The monoisotopic (exact) mass is 291 g/mol. The molecule has 1 heterocycles. The highest BCUT2D eigenvalue weighted by molar-refractivity contribution is 5.41. The molecule has 3 heteroatoms. The summed E-state index contributed by atoms with van der Waals surface area (Å²) >= 11 is 0. The van der Waals surface area contributed by atoms with Crippen LogP contribution >= 0.6 is 0 Å². The van der Waals surface area contributed by atoms with Gasteiger partial charge < -0.3 is 15.2 Å². The molecule has 0 bridgehead atoms. The highest BCUT2D eigenvalue weighted by atomic mass is 16.6. The summed E-state index contributed by atoms with van der Waals surface area (Å²) in [6, 6.07) is 6.48. The maximum Gasteiger partial charge on any atom is 0.125 e. The van der Waals surface area contributed by atoms with Gasteiger partial charge in [-0.25, -0.2) is 0 Å². The van der Waals surface area contributed by atoms with Gasteiger partial charge in [0.05, 0.1) is 11.7 Å². The van der Waals surface area contributed by atoms with Crippen LogP contribution in [-0.4, -0.2) is 24.4 Å². The SMILES string of the molecule is CCC(N)Cc1cccc(C)c1OCC1CCC(C)(C)O1. The quantitative estimate of drug-likeness (QED) is 0.870. The Balaban J connectivity index is 2.02. The Morgan fingerprint density at radius 3 is 2.81 bits per heavy atom. The van der Waals surface area contributed by atoms with Gasteiger partial charge >= 0.3 is 0 Å². The van der Waals surface area contributed by atoms with E-state index in [-0.39, 0.29) is 17.7 Å². The third kappa shape index (κ3) is 4.45. The second kappa shape index (κ2) is 6.80. The fourth-order valence-electron chi connectivity index (χ4n) is 2.88. The minimum absolute atomic E-state index is 0.00679. The zero-order chi connectivity index (χ0) is 15.5. The molecule has 0 spiro atoms. The molecule has 3 nitrogen and oxygen atoms in total. The van der Waals surface area contributed by atoms with E-state index in [9.17, 15) is 0 Å². The standard InChI is InChI=1S/C18H29NO2/c1-5-15(19)11-14-8-6-7-13(2)17(14)20-12-16-9-10-18(3,4)21-16/h6-8,15-16H,5,9-12,19H2,1-4H3. The summed E-state index contributed by atoms with van der Waals surface area (Å²) in [5.74, 6) is 0.995. The van der Waals surface area contributed by atoms with Gasteiger partial charge in [-0.2, -0.15) is 0 Å². The normalized spacial score (nSPS) is 22.2. The summed E-state index contributed by atoms with van der Waals surface area (Å²) in [4.78, 5) is 0. The lowest BCUT2D eigenvalue weighted by Gasteiger charge is -2.21. The van der Waals surface area contributed by atoms with Gasteiger partial charge in [0.1, 0.15) is 12.4 Å². The van der Waals surface area contributed by atoms with E-state index in [4.69, 9.17) is 15.2 Å². The Bertz CT molecular complexity index is 470. The fourth-order valence-corrected chi connectivity index (χ4v) is 2.88. The number of rotatable bonds is 6. The van der Waals surface area contributed by atoms with E-state index in [1.54, 1.807) is 0 Å². The van der Waals surface area contributed by atoms with Crippen LogP contribution in [0.2, 0.25) is 0 Å². The predicted molar refractivity (Wildman–Crippen MR) is 86.8 cm³/mol. The van der Waals surface area contributed by atoms with Crippen LogP contribution in [0.4, 0.5) is 0 Å². The van der Waals surface area contributed by atoms with E-state index in [0.29, 0.717) is 6.61 Å². The molecule has 2 unspecified atom stereocenters. The summed E-state index contributed by atoms with van der Waals surface area (Å²) in [6.45, 7) is 9.13. The molecule has 0 aromatic heterocycles. The van der Waals surface area contributed by atoms with Crippen molar-refractivity contribution in [1.82, 2.24) is 0 Å². The first-order valence-electron chi connectivity index (χ1n) is 8.06. The molecule has 1 aliphatic rings. The first-order valence-corrected chi connectivity index (χ1v) is 8.06. The first-order chi connectivity index (χ1) is 9.91. The van der Waals surface area contributed by atoms with Crippen LogP contribution in [0.1, 0.15) is 51.2 Å². The lowest BCUT2D eigenvalue weighted by Crippen LogP contribution is -2.25. The number of hydrogen-bond donors (Lipinski definition) is 1. The molecule has 0 saturated carbocycles. The molecular formula is C18H29NO2. The first kappa shape index (κ1) is 16.3. The molecule has 0 aliphatic carbocycles. The van der Waals surface area contributed by atoms with Gasteiger partial charge in [-0.1, -0.05) is 25.1 Å². The van der Waals surface area contributed by atoms with Gasteiger partial charge in [0, 0.05) is 6.04 Å². The maximum absolute atomic E-state index is 6.11. The average molecular weight is 291 g/mol. The highest BCUT2D eigenvalue weighted by Gasteiger charge is 2.32. The van der Waals surface area contributed by atoms with Crippen LogP contribution in [0.3, 0.4) is 0 Å². The van der Waals surface area contributed by atoms with Crippen LogP contribution in [0.15, 0.2) is 18.2 Å². The van der Waals surface area contributed by atoms with Crippen molar-refractivity contribution in [3.8, 4) is 5.75 Å². The third-order valence-electron chi connectivity index (χ3n) is 4.27. The molecule has 0 radical (unpaired) electrons. The molecule has 2 atom stereocenters. The van der Waals surface area contributed by atoms with Crippen LogP contribution in [0.5, 0.6) is 5.75 Å². The van der Waals surface area contributed by atoms with E-state index < -0.39 is 0 Å². The van der Waals surface area contributed by atoms with Crippen molar-refractivity contribution in [1.29, 1.82) is 0 Å². The van der Waals surface area contributed by atoms with E-state index in [1.807, 2.05) is 0 Å². The molecule has 118 valence electrons. The second-order valence-corrected chi connectivity index (χ2v) is 6.78. The van der Waals surface area contributed by atoms with Gasteiger partial charge in [0.15, 0.2) is 0 Å². The Hall–Kier alpha value is -1.06. The van der Waals surface area contributed by atoms with Crippen molar-refractivity contribution in [2.75, 3.05) is 6.61 Å². The predicted octanol–water partition coefficient (Wildman–Crippen LogP) is 3.61. The van der Waals surface area contributed by atoms with Gasteiger partial charge in [0.25, 0.3) is 0 Å². The number of hydrogen-bond acceptors (Lipinski definition) is 3. The Labute approximate surface area is 128 Å². The molecule has 1 aromatic carbocycles. The minimum Gasteiger partial charge on any atom is -0.490 e.